The smallest absolute Gasteiger partial charge is 0.276 e. The Morgan fingerprint density at radius 1 is 1.38 bits per heavy atom. The van der Waals surface area contributed by atoms with Crippen LogP contribution < -0.4 is 10.6 Å². The Bertz CT molecular complexity index is 866. The van der Waals surface area contributed by atoms with Gasteiger partial charge in [0.25, 0.3) is 5.91 Å². The Balaban J connectivity index is 1.78. The first kappa shape index (κ1) is 18.1. The van der Waals surface area contributed by atoms with Gasteiger partial charge in [-0.3, -0.25) is 14.8 Å². The second-order valence-electron chi connectivity index (χ2n) is 6.96. The maximum absolute atomic E-state index is 12.2. The van der Waals surface area contributed by atoms with E-state index < -0.39 is 0 Å². The van der Waals surface area contributed by atoms with Gasteiger partial charge in [-0.15, -0.1) is 0 Å². The minimum atomic E-state index is -0.209. The molecule has 0 fully saturated rings. The molecule has 1 aliphatic rings. The minimum Gasteiger partial charge on any atom is -0.383 e. The molecule has 1 amide bonds. The zero-order chi connectivity index (χ0) is 18.7. The minimum absolute atomic E-state index is 0.102. The number of ether oxygens (including phenoxy) is 1. The molecule has 1 atom stereocenters. The summed E-state index contributed by atoms with van der Waals surface area (Å²) in [7, 11) is 3.57. The number of hydrogen-bond donors (Lipinski definition) is 2. The van der Waals surface area contributed by atoms with Crippen molar-refractivity contribution in [1.82, 2.24) is 20.4 Å². The lowest BCUT2D eigenvalue weighted by molar-refractivity contribution is -0.115. The van der Waals surface area contributed by atoms with Gasteiger partial charge in [-0.1, -0.05) is 19.9 Å². The van der Waals surface area contributed by atoms with Crippen molar-refractivity contribution in [1.29, 1.82) is 0 Å². The van der Waals surface area contributed by atoms with Gasteiger partial charge < -0.3 is 10.1 Å². The highest BCUT2D eigenvalue weighted by Gasteiger charge is 2.22. The molecule has 2 heterocycles. The molecule has 2 N–H and O–H groups in total. The van der Waals surface area contributed by atoms with Crippen LogP contribution in [-0.4, -0.2) is 41.4 Å². The van der Waals surface area contributed by atoms with E-state index in [1.807, 2.05) is 36.1 Å². The second kappa shape index (κ2) is 7.70. The third-order valence-electron chi connectivity index (χ3n) is 4.24. The molecule has 0 aliphatic carbocycles. The lowest BCUT2D eigenvalue weighted by atomic mass is 10.0. The quantitative estimate of drug-likeness (QED) is 0.777. The standard InChI is InChI=1S/C19H25N5O2/c1-12(2)7-15(11-26-4)21-19-22-16(18(25)23-19)9-13-5-6-17-14(8-13)10-20-24(17)3/h5-6,8-10,12,15H,7,11H2,1-4H3,(H2,21,22,23,25)/b16-9-/t15-/m1/s1. The number of guanidine groups is 1. The molecule has 3 rings (SSSR count). The zero-order valence-corrected chi connectivity index (χ0v) is 15.6. The van der Waals surface area contributed by atoms with Gasteiger partial charge in [0.1, 0.15) is 5.70 Å². The fourth-order valence-corrected chi connectivity index (χ4v) is 3.10. The van der Waals surface area contributed by atoms with Crippen molar-refractivity contribution in [2.75, 3.05) is 13.7 Å². The second-order valence-corrected chi connectivity index (χ2v) is 6.96. The number of benzene rings is 1. The van der Waals surface area contributed by atoms with Crippen LogP contribution in [0.2, 0.25) is 0 Å². The number of nitrogens with zero attached hydrogens (tertiary/aromatic N) is 3. The summed E-state index contributed by atoms with van der Waals surface area (Å²) < 4.78 is 7.07. The van der Waals surface area contributed by atoms with Gasteiger partial charge in [-0.05, 0) is 36.1 Å². The van der Waals surface area contributed by atoms with E-state index in [9.17, 15) is 4.79 Å². The highest BCUT2D eigenvalue weighted by Crippen LogP contribution is 2.18. The first-order chi connectivity index (χ1) is 12.5. The molecule has 1 aromatic carbocycles. The van der Waals surface area contributed by atoms with E-state index in [1.54, 1.807) is 13.2 Å². The molecule has 0 saturated carbocycles. The third kappa shape index (κ3) is 4.11. The molecule has 0 radical (unpaired) electrons. The number of nitrogens with one attached hydrogen (secondary N) is 2. The van der Waals surface area contributed by atoms with E-state index >= 15 is 0 Å². The normalized spacial score (nSPS) is 17.0. The molecular weight excluding hydrogens is 330 g/mol. The maximum Gasteiger partial charge on any atom is 0.276 e. The largest absolute Gasteiger partial charge is 0.383 e. The first-order valence-electron chi connectivity index (χ1n) is 8.75. The Kier molecular flexibility index (Phi) is 5.37. The summed E-state index contributed by atoms with van der Waals surface area (Å²) in [5, 5.41) is 11.3. The van der Waals surface area contributed by atoms with E-state index in [0.29, 0.717) is 24.2 Å². The molecule has 0 spiro atoms. The summed E-state index contributed by atoms with van der Waals surface area (Å²) in [6.07, 6.45) is 4.52. The van der Waals surface area contributed by atoms with Gasteiger partial charge in [0, 0.05) is 19.5 Å². The van der Waals surface area contributed by atoms with Crippen molar-refractivity contribution >= 4 is 28.8 Å². The number of aliphatic imine (C=N–C) groups is 1. The lowest BCUT2D eigenvalue weighted by Gasteiger charge is -2.20. The number of fused-ring (bicyclic) bond motifs is 1. The Morgan fingerprint density at radius 2 is 2.19 bits per heavy atom. The molecule has 26 heavy (non-hydrogen) atoms. The van der Waals surface area contributed by atoms with Gasteiger partial charge in [-0.2, -0.15) is 5.10 Å². The van der Waals surface area contributed by atoms with E-state index in [-0.39, 0.29) is 11.9 Å². The molecule has 7 nitrogen and oxygen atoms in total. The van der Waals surface area contributed by atoms with Crippen LogP contribution in [0.25, 0.3) is 17.0 Å². The van der Waals surface area contributed by atoms with Gasteiger partial charge in [0.2, 0.25) is 5.96 Å². The van der Waals surface area contributed by atoms with Gasteiger partial charge in [0.15, 0.2) is 0 Å². The number of carbonyl (C=O) groups excluding carboxylic acids is 1. The number of rotatable bonds is 6. The molecular formula is C19H25N5O2. The molecule has 2 aromatic rings. The lowest BCUT2D eigenvalue weighted by Crippen LogP contribution is -2.45. The van der Waals surface area contributed by atoms with Crippen LogP contribution in [0.5, 0.6) is 0 Å². The third-order valence-corrected chi connectivity index (χ3v) is 4.24. The number of aromatic nitrogens is 2. The van der Waals surface area contributed by atoms with Gasteiger partial charge in [-0.25, -0.2) is 4.99 Å². The van der Waals surface area contributed by atoms with Crippen LogP contribution in [0.1, 0.15) is 25.8 Å². The van der Waals surface area contributed by atoms with E-state index in [2.05, 4.69) is 34.6 Å². The molecule has 1 aliphatic heterocycles. The van der Waals surface area contributed by atoms with Crippen molar-refractivity contribution in [2.45, 2.75) is 26.3 Å². The van der Waals surface area contributed by atoms with Crippen molar-refractivity contribution in [3.63, 3.8) is 0 Å². The summed E-state index contributed by atoms with van der Waals surface area (Å²) in [5.41, 5.74) is 2.35. The molecule has 0 bridgehead atoms. The van der Waals surface area contributed by atoms with E-state index in [1.165, 1.54) is 0 Å². The number of hydrogen-bond acceptors (Lipinski definition) is 5. The Morgan fingerprint density at radius 3 is 2.92 bits per heavy atom. The van der Waals surface area contributed by atoms with Crippen molar-refractivity contribution in [3.8, 4) is 0 Å². The van der Waals surface area contributed by atoms with Crippen LogP contribution in [0, 0.1) is 5.92 Å². The zero-order valence-electron chi connectivity index (χ0n) is 15.6. The van der Waals surface area contributed by atoms with E-state index in [4.69, 9.17) is 4.74 Å². The predicted octanol–water partition coefficient (Wildman–Crippen LogP) is 2.05. The number of methoxy groups -OCH3 is 1. The average Bonchev–Trinajstić information content (AvgIpc) is 3.10. The van der Waals surface area contributed by atoms with E-state index in [0.717, 1.165) is 22.9 Å². The van der Waals surface area contributed by atoms with Gasteiger partial charge >= 0.3 is 0 Å². The van der Waals surface area contributed by atoms with Crippen LogP contribution in [0.3, 0.4) is 0 Å². The SMILES string of the molecule is COC[C@@H](CC(C)C)NC1=N/C(=C\c2ccc3c(cnn3C)c2)C(=O)N1. The number of amides is 1. The fraction of sp³-hybridized carbons (Fsp3) is 0.421. The summed E-state index contributed by atoms with van der Waals surface area (Å²) in [6, 6.07) is 6.04. The van der Waals surface area contributed by atoms with Crippen molar-refractivity contribution in [3.05, 3.63) is 35.7 Å². The molecule has 7 heteroatoms. The summed E-state index contributed by atoms with van der Waals surface area (Å²) in [6.45, 7) is 4.86. The Hall–Kier alpha value is -2.67. The highest BCUT2D eigenvalue weighted by molar-refractivity contribution is 6.13. The topological polar surface area (TPSA) is 80.5 Å². The molecule has 0 saturated heterocycles. The number of aryl methyl sites for hydroxylation is 1. The van der Waals surface area contributed by atoms with Crippen molar-refractivity contribution in [2.24, 2.45) is 18.0 Å². The predicted molar refractivity (Wildman–Crippen MR) is 103 cm³/mol. The monoisotopic (exact) mass is 355 g/mol. The summed E-state index contributed by atoms with van der Waals surface area (Å²) in [5.74, 6) is 0.785. The molecule has 0 unspecified atom stereocenters. The summed E-state index contributed by atoms with van der Waals surface area (Å²) in [4.78, 5) is 16.6. The Labute approximate surface area is 153 Å². The molecule has 1 aromatic heterocycles. The van der Waals surface area contributed by atoms with Crippen LogP contribution >= 0.6 is 0 Å². The first-order valence-corrected chi connectivity index (χ1v) is 8.75. The van der Waals surface area contributed by atoms with Gasteiger partial charge in [0.05, 0.1) is 24.4 Å². The average molecular weight is 355 g/mol. The highest BCUT2D eigenvalue weighted by atomic mass is 16.5. The molecule has 138 valence electrons. The fourth-order valence-electron chi connectivity index (χ4n) is 3.10. The van der Waals surface area contributed by atoms with Crippen LogP contribution in [0.15, 0.2) is 35.1 Å². The maximum atomic E-state index is 12.2. The van der Waals surface area contributed by atoms with Crippen molar-refractivity contribution < 1.29 is 9.53 Å². The van der Waals surface area contributed by atoms with Crippen LogP contribution in [-0.2, 0) is 16.6 Å². The van der Waals surface area contributed by atoms with Crippen LogP contribution in [0.4, 0.5) is 0 Å². The summed E-state index contributed by atoms with van der Waals surface area (Å²) >= 11 is 0. The number of carbonyl (C=O) groups is 1.